The van der Waals surface area contributed by atoms with Gasteiger partial charge in [0.1, 0.15) is 11.4 Å². The molecule has 3 atom stereocenters. The van der Waals surface area contributed by atoms with Gasteiger partial charge in [0.25, 0.3) is 0 Å². The molecule has 0 saturated carbocycles. The van der Waals surface area contributed by atoms with E-state index in [0.717, 1.165) is 58.0 Å². The Morgan fingerprint density at radius 2 is 1.70 bits per heavy atom. The minimum absolute atomic E-state index is 0.0499. The van der Waals surface area contributed by atoms with Gasteiger partial charge < -0.3 is 19.1 Å². The summed E-state index contributed by atoms with van der Waals surface area (Å²) in [5, 5.41) is 2.28. The molecule has 0 saturated heterocycles. The summed E-state index contributed by atoms with van der Waals surface area (Å²) in [4.78, 5) is 27.9. The van der Waals surface area contributed by atoms with E-state index in [4.69, 9.17) is 14.2 Å². The van der Waals surface area contributed by atoms with Crippen LogP contribution in [0.5, 0.6) is 5.75 Å². The van der Waals surface area contributed by atoms with E-state index in [1.807, 2.05) is 81.1 Å². The van der Waals surface area contributed by atoms with Gasteiger partial charge >= 0.3 is 12.1 Å². The monoisotopic (exact) mass is 593 g/mol. The molecule has 0 aliphatic carbocycles. The van der Waals surface area contributed by atoms with Crippen molar-refractivity contribution in [1.29, 1.82) is 0 Å². The summed E-state index contributed by atoms with van der Waals surface area (Å²) in [5.41, 5.74) is 4.15. The Hall–Kier alpha value is -4.32. The zero-order valence-corrected chi connectivity index (χ0v) is 26.6. The number of para-hydroxylation sites is 1. The van der Waals surface area contributed by atoms with Gasteiger partial charge in [-0.1, -0.05) is 72.8 Å². The summed E-state index contributed by atoms with van der Waals surface area (Å²) in [6.07, 6.45) is 1.91. The van der Waals surface area contributed by atoms with Crippen molar-refractivity contribution in [2.45, 2.75) is 77.5 Å². The highest BCUT2D eigenvalue weighted by atomic mass is 16.6. The molecule has 5 rings (SSSR count). The van der Waals surface area contributed by atoms with Gasteiger partial charge in [-0.3, -0.25) is 0 Å². The quantitative estimate of drug-likeness (QED) is 0.191. The van der Waals surface area contributed by atoms with Crippen LogP contribution in [0.25, 0.3) is 10.8 Å². The molecule has 0 fully saturated rings. The molecule has 0 bridgehead atoms. The maximum Gasteiger partial charge on any atom is 0.410 e. The number of carbonyl (C=O) groups is 2. The van der Waals surface area contributed by atoms with E-state index < -0.39 is 5.60 Å². The number of benzene rings is 4. The first-order valence-corrected chi connectivity index (χ1v) is 15.5. The van der Waals surface area contributed by atoms with Crippen molar-refractivity contribution in [2.24, 2.45) is 0 Å². The third-order valence-electron chi connectivity index (χ3n) is 8.45. The van der Waals surface area contributed by atoms with Gasteiger partial charge in [0.2, 0.25) is 0 Å². The second-order valence-electron chi connectivity index (χ2n) is 12.7. The van der Waals surface area contributed by atoms with Gasteiger partial charge in [-0.05, 0) is 93.5 Å². The number of hydrogen-bond acceptors (Lipinski definition) is 5. The van der Waals surface area contributed by atoms with Crippen LogP contribution >= 0.6 is 0 Å². The topological polar surface area (TPSA) is 65.1 Å². The van der Waals surface area contributed by atoms with E-state index in [9.17, 15) is 9.59 Å². The van der Waals surface area contributed by atoms with Gasteiger partial charge in [0.05, 0.1) is 24.8 Å². The van der Waals surface area contributed by atoms with E-state index in [1.54, 1.807) is 0 Å². The van der Waals surface area contributed by atoms with E-state index in [0.29, 0.717) is 12.1 Å². The van der Waals surface area contributed by atoms with Crippen molar-refractivity contribution in [3.8, 4) is 5.75 Å². The second-order valence-corrected chi connectivity index (χ2v) is 12.7. The van der Waals surface area contributed by atoms with Crippen molar-refractivity contribution in [1.82, 2.24) is 4.90 Å². The van der Waals surface area contributed by atoms with E-state index in [2.05, 4.69) is 43.3 Å². The van der Waals surface area contributed by atoms with Crippen LogP contribution in [0.15, 0.2) is 84.9 Å². The molecular formula is C38H43NO5. The third kappa shape index (κ3) is 6.91. The molecule has 1 amide bonds. The van der Waals surface area contributed by atoms with Crippen LogP contribution in [0.3, 0.4) is 0 Å². The van der Waals surface area contributed by atoms with Gasteiger partial charge in [-0.2, -0.15) is 0 Å². The van der Waals surface area contributed by atoms with E-state index >= 15 is 0 Å². The lowest BCUT2D eigenvalue weighted by Crippen LogP contribution is -2.39. The molecule has 1 aliphatic rings. The van der Waals surface area contributed by atoms with E-state index in [1.165, 1.54) is 7.11 Å². The summed E-state index contributed by atoms with van der Waals surface area (Å²) < 4.78 is 17.4. The number of rotatable bonds is 8. The maximum absolute atomic E-state index is 13.6. The van der Waals surface area contributed by atoms with E-state index in [-0.39, 0.29) is 30.1 Å². The number of methoxy groups -OCH3 is 1. The Labute approximate surface area is 260 Å². The number of ether oxygens (including phenoxy) is 3. The summed E-state index contributed by atoms with van der Waals surface area (Å²) in [6, 6.07) is 28.5. The van der Waals surface area contributed by atoms with Crippen molar-refractivity contribution >= 4 is 22.8 Å². The first kappa shape index (κ1) is 31.1. The molecule has 0 radical (unpaired) electrons. The molecule has 6 nitrogen and oxygen atoms in total. The summed E-state index contributed by atoms with van der Waals surface area (Å²) in [6.45, 7) is 10.2. The number of esters is 1. The molecule has 6 heteroatoms. The molecule has 1 unspecified atom stereocenters. The molecule has 0 N–H and O–H groups in total. The average Bonchev–Trinajstić information content (AvgIpc) is 3.01. The van der Waals surface area contributed by atoms with Crippen LogP contribution < -0.4 is 4.74 Å². The van der Waals surface area contributed by atoms with Gasteiger partial charge in [-0.25, -0.2) is 9.59 Å². The fraction of sp³-hybridized carbons (Fsp3) is 0.368. The molecule has 1 heterocycles. The van der Waals surface area contributed by atoms with Crippen molar-refractivity contribution in [3.63, 3.8) is 0 Å². The van der Waals surface area contributed by atoms with Crippen LogP contribution in [0.1, 0.15) is 91.5 Å². The third-order valence-corrected chi connectivity index (χ3v) is 8.45. The van der Waals surface area contributed by atoms with Crippen LogP contribution in [0.2, 0.25) is 0 Å². The molecule has 1 aliphatic heterocycles. The summed E-state index contributed by atoms with van der Waals surface area (Å²) in [7, 11) is 1.41. The van der Waals surface area contributed by atoms with Crippen molar-refractivity contribution in [3.05, 3.63) is 113 Å². The Kier molecular flexibility index (Phi) is 9.28. The Morgan fingerprint density at radius 1 is 0.977 bits per heavy atom. The molecule has 0 spiro atoms. The highest BCUT2D eigenvalue weighted by Gasteiger charge is 2.32. The molecule has 0 aromatic heterocycles. The SMILES string of the molecule is COC(=O)c1cc(C2C[C@H](CCCN(C(=O)OC(C)(C)C)[C@H](C)c3cccc4ccccc34)Oc3ccccc32)ccc1C. The number of nitrogens with zero attached hydrogens (tertiary/aromatic N) is 1. The smallest absolute Gasteiger partial charge is 0.410 e. The maximum atomic E-state index is 13.6. The fourth-order valence-corrected chi connectivity index (χ4v) is 6.21. The zero-order chi connectivity index (χ0) is 31.4. The highest BCUT2D eigenvalue weighted by molar-refractivity contribution is 5.91. The average molecular weight is 594 g/mol. The van der Waals surface area contributed by atoms with Gasteiger partial charge in [-0.15, -0.1) is 0 Å². The first-order valence-electron chi connectivity index (χ1n) is 15.5. The second kappa shape index (κ2) is 13.1. The van der Waals surface area contributed by atoms with Gasteiger partial charge in [0, 0.05) is 18.0 Å². The molecule has 44 heavy (non-hydrogen) atoms. The molecule has 4 aromatic carbocycles. The Bertz CT molecular complexity index is 1630. The largest absolute Gasteiger partial charge is 0.490 e. The number of carbonyl (C=O) groups excluding carboxylic acids is 2. The summed E-state index contributed by atoms with van der Waals surface area (Å²) in [5.74, 6) is 0.608. The fourth-order valence-electron chi connectivity index (χ4n) is 6.21. The predicted molar refractivity (Wildman–Crippen MR) is 174 cm³/mol. The van der Waals surface area contributed by atoms with Crippen molar-refractivity contribution < 1.29 is 23.8 Å². The number of fused-ring (bicyclic) bond motifs is 2. The first-order chi connectivity index (χ1) is 21.1. The Morgan fingerprint density at radius 3 is 2.48 bits per heavy atom. The van der Waals surface area contributed by atoms with Crippen molar-refractivity contribution in [2.75, 3.05) is 13.7 Å². The summed E-state index contributed by atoms with van der Waals surface area (Å²) >= 11 is 0. The lowest BCUT2D eigenvalue weighted by molar-refractivity contribution is 0.0162. The highest BCUT2D eigenvalue weighted by Crippen LogP contribution is 2.42. The van der Waals surface area contributed by atoms with Crippen LogP contribution in [0, 0.1) is 6.92 Å². The standard InChI is InChI=1S/C38H43NO5/c1-25-20-21-28(23-33(25)36(40)42-6)34-24-29(43-35-19-10-9-17-32(34)35)15-12-22-39(37(41)44-38(3,4)5)26(2)30-18-11-14-27-13-7-8-16-31(27)30/h7-11,13-14,16-21,23,26,29,34H,12,15,22,24H2,1-6H3/t26-,29+,34?/m1/s1. The van der Waals surface area contributed by atoms with Gasteiger partial charge in [0.15, 0.2) is 0 Å². The Balaban J connectivity index is 1.37. The molecule has 4 aromatic rings. The molecular weight excluding hydrogens is 550 g/mol. The van der Waals surface area contributed by atoms with Crippen LogP contribution in [-0.2, 0) is 9.47 Å². The minimum Gasteiger partial charge on any atom is -0.490 e. The number of amides is 1. The number of aryl methyl sites for hydroxylation is 1. The minimum atomic E-state index is -0.603. The zero-order valence-electron chi connectivity index (χ0n) is 26.6. The lowest BCUT2D eigenvalue weighted by Gasteiger charge is -2.35. The predicted octanol–water partition coefficient (Wildman–Crippen LogP) is 9.00. The molecule has 230 valence electrons. The number of hydrogen-bond donors (Lipinski definition) is 0. The normalized spacial score (nSPS) is 16.9. The lowest BCUT2D eigenvalue weighted by atomic mass is 9.82. The van der Waals surface area contributed by atoms with Crippen LogP contribution in [-0.4, -0.2) is 42.3 Å². The van der Waals surface area contributed by atoms with Crippen LogP contribution in [0.4, 0.5) is 4.79 Å².